The van der Waals surface area contributed by atoms with Gasteiger partial charge in [-0.1, -0.05) is 49.4 Å². The van der Waals surface area contributed by atoms with Gasteiger partial charge >= 0.3 is 0 Å². The Balaban J connectivity index is 1.76. The van der Waals surface area contributed by atoms with E-state index in [0.717, 1.165) is 61.8 Å². The first-order valence-electron chi connectivity index (χ1n) is 11.8. The van der Waals surface area contributed by atoms with Crippen molar-refractivity contribution in [1.29, 1.82) is 0 Å². The number of nitrogens with one attached hydrogen (secondary N) is 2. The van der Waals surface area contributed by atoms with Gasteiger partial charge in [-0.25, -0.2) is 0 Å². The molecule has 34 heavy (non-hydrogen) atoms. The summed E-state index contributed by atoms with van der Waals surface area (Å²) < 4.78 is 10.8. The number of hydrogen-bond donors (Lipinski definition) is 2. The third-order valence-electron chi connectivity index (χ3n) is 5.72. The van der Waals surface area contributed by atoms with Crippen LogP contribution in [0.5, 0.6) is 5.75 Å². The Morgan fingerprint density at radius 1 is 1.03 bits per heavy atom. The van der Waals surface area contributed by atoms with Crippen LogP contribution in [0.3, 0.4) is 0 Å². The minimum absolute atomic E-state index is 0.199. The molecule has 2 N–H and O–H groups in total. The number of amides is 2. The molecule has 3 rings (SSSR count). The topological polar surface area (TPSA) is 76.7 Å². The smallest absolute Gasteiger partial charge is 0.256 e. The number of methoxy groups -OCH3 is 1. The average molecular weight is 528 g/mol. The fraction of sp³-hybridized carbons (Fsp3) is 0.520. The van der Waals surface area contributed by atoms with Crippen LogP contribution >= 0.6 is 34.5 Å². The normalized spacial score (nSPS) is 12.8. The molecule has 0 bridgehead atoms. The molecule has 0 saturated carbocycles. The number of fused-ring (bicyclic) bond motifs is 1. The minimum Gasteiger partial charge on any atom is -0.490 e. The van der Waals surface area contributed by atoms with Crippen molar-refractivity contribution >= 4 is 51.4 Å². The number of carbonyl (C=O) groups is 2. The van der Waals surface area contributed by atoms with E-state index in [2.05, 4.69) is 17.6 Å². The van der Waals surface area contributed by atoms with Crippen LogP contribution in [0.2, 0.25) is 10.0 Å². The molecular weight excluding hydrogens is 495 g/mol. The van der Waals surface area contributed by atoms with Crippen molar-refractivity contribution in [1.82, 2.24) is 5.32 Å². The highest BCUT2D eigenvalue weighted by Crippen LogP contribution is 2.39. The zero-order valence-corrected chi connectivity index (χ0v) is 22.1. The number of halogens is 2. The third kappa shape index (κ3) is 6.87. The molecule has 0 aliphatic heterocycles. The summed E-state index contributed by atoms with van der Waals surface area (Å²) in [6.45, 7) is 3.50. The second-order valence-electron chi connectivity index (χ2n) is 8.30. The summed E-state index contributed by atoms with van der Waals surface area (Å²) in [5.74, 6) is -0.182. The van der Waals surface area contributed by atoms with Crippen LogP contribution in [0.4, 0.5) is 5.00 Å². The molecule has 2 aromatic rings. The summed E-state index contributed by atoms with van der Waals surface area (Å²) >= 11 is 14.3. The molecule has 1 aliphatic rings. The van der Waals surface area contributed by atoms with Gasteiger partial charge in [-0.05, 0) is 49.8 Å². The fourth-order valence-corrected chi connectivity index (χ4v) is 5.83. The van der Waals surface area contributed by atoms with E-state index >= 15 is 0 Å². The van der Waals surface area contributed by atoms with Crippen molar-refractivity contribution < 1.29 is 19.1 Å². The van der Waals surface area contributed by atoms with Gasteiger partial charge in [0.15, 0.2) is 5.75 Å². The summed E-state index contributed by atoms with van der Waals surface area (Å²) in [7, 11) is 1.59. The molecule has 2 amide bonds. The van der Waals surface area contributed by atoms with Crippen molar-refractivity contribution in [2.45, 2.75) is 58.3 Å². The van der Waals surface area contributed by atoms with Crippen molar-refractivity contribution in [3.8, 4) is 5.75 Å². The van der Waals surface area contributed by atoms with Gasteiger partial charge in [-0.2, -0.15) is 0 Å². The van der Waals surface area contributed by atoms with Gasteiger partial charge in [0.2, 0.25) is 0 Å². The van der Waals surface area contributed by atoms with Crippen LogP contribution in [0.25, 0.3) is 0 Å². The van der Waals surface area contributed by atoms with Gasteiger partial charge < -0.3 is 20.1 Å². The Hall–Kier alpha value is -1.80. The molecule has 9 heteroatoms. The van der Waals surface area contributed by atoms with Crippen molar-refractivity contribution in [2.75, 3.05) is 32.2 Å². The van der Waals surface area contributed by atoms with Crippen molar-refractivity contribution in [2.24, 2.45) is 0 Å². The standard InChI is InChI=1S/C25H32Cl2N2O4S/c1-3-4-5-8-12-33-22-18(26)14-16(15-19(22)27)23(30)29-25-21(24(31)28-11-13-32-2)17-9-6-7-10-20(17)34-25/h14-15H,3-13H2,1-2H3,(H,28,31)(H,29,30). The van der Waals surface area contributed by atoms with Gasteiger partial charge in [0.25, 0.3) is 11.8 Å². The largest absolute Gasteiger partial charge is 0.490 e. The summed E-state index contributed by atoms with van der Waals surface area (Å²) in [5, 5.41) is 6.93. The predicted molar refractivity (Wildman–Crippen MR) is 139 cm³/mol. The molecule has 1 aliphatic carbocycles. The fourth-order valence-electron chi connectivity index (χ4n) is 3.96. The van der Waals surface area contributed by atoms with Gasteiger partial charge in [-0.15, -0.1) is 11.3 Å². The maximum atomic E-state index is 13.1. The Morgan fingerprint density at radius 3 is 2.47 bits per heavy atom. The summed E-state index contributed by atoms with van der Waals surface area (Å²) in [6.07, 6.45) is 8.15. The van der Waals surface area contributed by atoms with Gasteiger partial charge in [0, 0.05) is 24.1 Å². The van der Waals surface area contributed by atoms with E-state index in [9.17, 15) is 9.59 Å². The number of anilines is 1. The van der Waals surface area contributed by atoms with Crippen LogP contribution in [-0.2, 0) is 17.6 Å². The van der Waals surface area contributed by atoms with Crippen molar-refractivity contribution in [3.05, 3.63) is 43.7 Å². The second kappa shape index (κ2) is 13.3. The molecule has 0 unspecified atom stereocenters. The lowest BCUT2D eigenvalue weighted by atomic mass is 9.95. The quantitative estimate of drug-likeness (QED) is 0.308. The monoisotopic (exact) mass is 526 g/mol. The molecular formula is C25H32Cl2N2O4S. The highest BCUT2D eigenvalue weighted by Gasteiger charge is 2.27. The van der Waals surface area contributed by atoms with E-state index in [1.165, 1.54) is 11.3 Å². The zero-order chi connectivity index (χ0) is 24.5. The van der Waals surface area contributed by atoms with Crippen LogP contribution in [0.1, 0.15) is 76.6 Å². The summed E-state index contributed by atoms with van der Waals surface area (Å²) in [6, 6.07) is 3.10. The summed E-state index contributed by atoms with van der Waals surface area (Å²) in [5.41, 5.74) is 1.89. The van der Waals surface area contributed by atoms with Crippen LogP contribution < -0.4 is 15.4 Å². The maximum absolute atomic E-state index is 13.1. The average Bonchev–Trinajstić information content (AvgIpc) is 3.18. The zero-order valence-electron chi connectivity index (χ0n) is 19.7. The number of rotatable bonds is 12. The molecule has 0 fully saturated rings. The molecule has 0 spiro atoms. The first-order valence-corrected chi connectivity index (χ1v) is 13.4. The van der Waals surface area contributed by atoms with E-state index in [0.29, 0.717) is 41.6 Å². The number of hydrogen-bond acceptors (Lipinski definition) is 5. The van der Waals surface area contributed by atoms with Gasteiger partial charge in [0.1, 0.15) is 5.00 Å². The van der Waals surface area contributed by atoms with Gasteiger partial charge in [-0.3, -0.25) is 9.59 Å². The Morgan fingerprint density at radius 2 is 1.76 bits per heavy atom. The number of thiophene rings is 1. The molecule has 1 aromatic carbocycles. The Bertz CT molecular complexity index is 986. The first kappa shape index (κ1) is 26.8. The van der Waals surface area contributed by atoms with E-state index < -0.39 is 0 Å². The van der Waals surface area contributed by atoms with Crippen LogP contribution in [0, 0.1) is 0 Å². The van der Waals surface area contributed by atoms with Gasteiger partial charge in [0.05, 0.1) is 28.8 Å². The SMILES string of the molecule is CCCCCCOc1c(Cl)cc(C(=O)Nc2sc3c(c2C(=O)NCCOC)CCCC3)cc1Cl. The molecule has 0 atom stereocenters. The van der Waals surface area contributed by atoms with Crippen LogP contribution in [0.15, 0.2) is 12.1 Å². The minimum atomic E-state index is -0.372. The predicted octanol–water partition coefficient (Wildman–Crippen LogP) is 6.52. The lowest BCUT2D eigenvalue weighted by molar-refractivity contribution is 0.0937. The first-order chi connectivity index (χ1) is 16.5. The molecule has 1 aromatic heterocycles. The Kier molecular flexibility index (Phi) is 10.5. The Labute approximate surface area is 215 Å². The molecule has 0 radical (unpaired) electrons. The highest BCUT2D eigenvalue weighted by molar-refractivity contribution is 7.17. The van der Waals surface area contributed by atoms with E-state index in [1.54, 1.807) is 19.2 Å². The summed E-state index contributed by atoms with van der Waals surface area (Å²) in [4.78, 5) is 27.2. The third-order valence-corrected chi connectivity index (χ3v) is 7.49. The lowest BCUT2D eigenvalue weighted by Crippen LogP contribution is -2.28. The number of carbonyl (C=O) groups excluding carboxylic acids is 2. The van der Waals surface area contributed by atoms with E-state index in [4.69, 9.17) is 32.7 Å². The molecule has 6 nitrogen and oxygen atoms in total. The highest BCUT2D eigenvalue weighted by atomic mass is 35.5. The second-order valence-corrected chi connectivity index (χ2v) is 10.2. The number of aryl methyl sites for hydroxylation is 1. The van der Waals surface area contributed by atoms with Crippen LogP contribution in [-0.4, -0.2) is 38.7 Å². The van der Waals surface area contributed by atoms with Crippen molar-refractivity contribution in [3.63, 3.8) is 0 Å². The van der Waals surface area contributed by atoms with E-state index in [-0.39, 0.29) is 21.9 Å². The van der Waals surface area contributed by atoms with E-state index in [1.807, 2.05) is 0 Å². The molecule has 186 valence electrons. The number of benzene rings is 1. The number of unbranched alkanes of at least 4 members (excludes halogenated alkanes) is 3. The maximum Gasteiger partial charge on any atom is 0.256 e. The molecule has 0 saturated heterocycles. The number of ether oxygens (including phenoxy) is 2. The molecule has 1 heterocycles. The lowest BCUT2D eigenvalue weighted by Gasteiger charge is -2.14.